The van der Waals surface area contributed by atoms with Crippen LogP contribution >= 0.6 is 11.8 Å². The molecule has 22 heavy (non-hydrogen) atoms. The molecule has 0 radical (unpaired) electrons. The van der Waals surface area contributed by atoms with Crippen LogP contribution in [0.3, 0.4) is 0 Å². The summed E-state index contributed by atoms with van der Waals surface area (Å²) in [6.07, 6.45) is 3.89. The van der Waals surface area contributed by atoms with E-state index in [2.05, 4.69) is 29.6 Å². The summed E-state index contributed by atoms with van der Waals surface area (Å²) in [5, 5.41) is 3.04. The number of thioether (sulfide) groups is 1. The minimum atomic E-state index is 0.00406. The summed E-state index contributed by atoms with van der Waals surface area (Å²) in [6, 6.07) is 10.5. The predicted octanol–water partition coefficient (Wildman–Crippen LogP) is 2.88. The van der Waals surface area contributed by atoms with Gasteiger partial charge >= 0.3 is 6.03 Å². The highest BCUT2D eigenvalue weighted by atomic mass is 32.2. The second-order valence-electron chi connectivity index (χ2n) is 5.92. The Labute approximate surface area is 136 Å². The minimum absolute atomic E-state index is 0.00406. The smallest absolute Gasteiger partial charge is 0.317 e. The van der Waals surface area contributed by atoms with E-state index in [9.17, 15) is 4.79 Å². The van der Waals surface area contributed by atoms with Crippen LogP contribution in [0.15, 0.2) is 30.3 Å². The van der Waals surface area contributed by atoms with Crippen molar-refractivity contribution in [1.29, 1.82) is 0 Å². The van der Waals surface area contributed by atoms with E-state index in [1.54, 1.807) is 0 Å². The number of carbonyl (C=O) groups is 1. The molecule has 1 spiro atoms. The highest BCUT2D eigenvalue weighted by Crippen LogP contribution is 2.41. The first-order valence-electron chi connectivity index (χ1n) is 8.12. The number of urea groups is 1. The van der Waals surface area contributed by atoms with E-state index in [0.29, 0.717) is 0 Å². The van der Waals surface area contributed by atoms with Gasteiger partial charge in [0.05, 0.1) is 6.61 Å². The largest absolute Gasteiger partial charge is 0.363 e. The van der Waals surface area contributed by atoms with Gasteiger partial charge in [0, 0.05) is 38.2 Å². The standard InChI is InChI=1S/C17H24N2O2S/c20-16(18-10-4-7-15-5-2-1-3-6-15)19-11-8-17(9-12-19)21-13-14-22-17/h1-3,5-6H,4,7-14H2,(H,18,20). The molecular weight excluding hydrogens is 296 g/mol. The molecule has 3 rings (SSSR count). The highest BCUT2D eigenvalue weighted by Gasteiger charge is 2.40. The van der Waals surface area contributed by atoms with Crippen molar-refractivity contribution >= 4 is 17.8 Å². The Hall–Kier alpha value is -1.20. The van der Waals surface area contributed by atoms with Gasteiger partial charge in [-0.3, -0.25) is 0 Å². The summed E-state index contributed by atoms with van der Waals surface area (Å²) in [5.74, 6) is 1.09. The van der Waals surface area contributed by atoms with Crippen molar-refractivity contribution in [1.82, 2.24) is 10.2 Å². The Balaban J connectivity index is 1.34. The lowest BCUT2D eigenvalue weighted by Crippen LogP contribution is -2.48. The summed E-state index contributed by atoms with van der Waals surface area (Å²) in [5.41, 5.74) is 1.33. The topological polar surface area (TPSA) is 41.6 Å². The van der Waals surface area contributed by atoms with Crippen molar-refractivity contribution < 1.29 is 9.53 Å². The first kappa shape index (κ1) is 15.7. The molecule has 2 fully saturated rings. The van der Waals surface area contributed by atoms with Gasteiger partial charge in [0.25, 0.3) is 0 Å². The SMILES string of the molecule is O=C(NCCCc1ccccc1)N1CCC2(CC1)OCCS2. The van der Waals surface area contributed by atoms with Gasteiger partial charge in [-0.25, -0.2) is 4.79 Å². The zero-order valence-electron chi connectivity index (χ0n) is 12.9. The van der Waals surface area contributed by atoms with E-state index >= 15 is 0 Å². The molecule has 1 N–H and O–H groups in total. The summed E-state index contributed by atoms with van der Waals surface area (Å²) in [4.78, 5) is 14.1. The number of hydrogen-bond donors (Lipinski definition) is 1. The van der Waals surface area contributed by atoms with Crippen LogP contribution in [-0.4, -0.2) is 47.9 Å². The van der Waals surface area contributed by atoms with Crippen LogP contribution in [0.4, 0.5) is 4.79 Å². The third kappa shape index (κ3) is 3.96. The lowest BCUT2D eigenvalue weighted by atomic mass is 10.1. The number of amides is 2. The third-order valence-corrected chi connectivity index (χ3v) is 5.81. The molecular formula is C17H24N2O2S. The molecule has 0 saturated carbocycles. The second kappa shape index (κ2) is 7.38. The number of nitrogens with one attached hydrogen (secondary N) is 1. The number of likely N-dealkylation sites (tertiary alicyclic amines) is 1. The van der Waals surface area contributed by atoms with Crippen LogP contribution in [0.25, 0.3) is 0 Å². The van der Waals surface area contributed by atoms with Gasteiger partial charge in [0.15, 0.2) is 0 Å². The zero-order chi connectivity index (χ0) is 15.3. The van der Waals surface area contributed by atoms with Crippen molar-refractivity contribution in [3.63, 3.8) is 0 Å². The molecule has 2 saturated heterocycles. The molecule has 2 aliphatic heterocycles. The lowest BCUT2D eigenvalue weighted by molar-refractivity contribution is 0.00946. The van der Waals surface area contributed by atoms with Crippen molar-refractivity contribution in [3.05, 3.63) is 35.9 Å². The van der Waals surface area contributed by atoms with Gasteiger partial charge in [0.2, 0.25) is 0 Å². The van der Waals surface area contributed by atoms with E-state index in [4.69, 9.17) is 4.74 Å². The van der Waals surface area contributed by atoms with Crippen molar-refractivity contribution in [3.8, 4) is 0 Å². The molecule has 1 aromatic carbocycles. The Morgan fingerprint density at radius 2 is 2.05 bits per heavy atom. The monoisotopic (exact) mass is 320 g/mol. The van der Waals surface area contributed by atoms with Crippen molar-refractivity contribution in [2.75, 3.05) is 32.0 Å². The molecule has 2 amide bonds. The van der Waals surface area contributed by atoms with E-state index in [1.807, 2.05) is 22.7 Å². The molecule has 4 nitrogen and oxygen atoms in total. The molecule has 2 heterocycles. The summed E-state index contributed by atoms with van der Waals surface area (Å²) in [6.45, 7) is 3.20. The molecule has 0 aliphatic carbocycles. The van der Waals surface area contributed by atoms with E-state index in [1.165, 1.54) is 5.56 Å². The fourth-order valence-corrected chi connectivity index (χ4v) is 4.26. The number of ether oxygens (including phenoxy) is 1. The molecule has 0 bridgehead atoms. The van der Waals surface area contributed by atoms with Gasteiger partial charge in [-0.2, -0.15) is 0 Å². The molecule has 1 aromatic rings. The Morgan fingerprint density at radius 1 is 1.27 bits per heavy atom. The van der Waals surface area contributed by atoms with E-state index < -0.39 is 0 Å². The molecule has 0 unspecified atom stereocenters. The Kier molecular flexibility index (Phi) is 5.26. The number of aryl methyl sites for hydroxylation is 1. The molecule has 0 aromatic heterocycles. The average Bonchev–Trinajstić information content (AvgIpc) is 3.01. The maximum absolute atomic E-state index is 12.2. The summed E-state index contributed by atoms with van der Waals surface area (Å²) in [7, 11) is 0. The Morgan fingerprint density at radius 3 is 2.73 bits per heavy atom. The average molecular weight is 320 g/mol. The van der Waals surface area contributed by atoms with E-state index in [-0.39, 0.29) is 11.0 Å². The maximum atomic E-state index is 12.2. The normalized spacial score (nSPS) is 20.3. The van der Waals surface area contributed by atoms with Crippen LogP contribution < -0.4 is 5.32 Å². The molecule has 2 aliphatic rings. The number of rotatable bonds is 4. The zero-order valence-corrected chi connectivity index (χ0v) is 13.7. The molecule has 120 valence electrons. The minimum Gasteiger partial charge on any atom is -0.363 e. The van der Waals surface area contributed by atoms with Gasteiger partial charge in [0.1, 0.15) is 4.93 Å². The fraction of sp³-hybridized carbons (Fsp3) is 0.588. The highest BCUT2D eigenvalue weighted by molar-refractivity contribution is 8.00. The van der Waals surface area contributed by atoms with E-state index in [0.717, 1.165) is 57.7 Å². The number of piperidine rings is 1. The second-order valence-corrected chi connectivity index (χ2v) is 7.36. The molecule has 0 atom stereocenters. The van der Waals surface area contributed by atoms with Crippen LogP contribution in [0.5, 0.6) is 0 Å². The number of benzene rings is 1. The van der Waals surface area contributed by atoms with Gasteiger partial charge in [-0.05, 0) is 18.4 Å². The third-order valence-electron chi connectivity index (χ3n) is 4.39. The lowest BCUT2D eigenvalue weighted by Gasteiger charge is -2.37. The number of hydrogen-bond acceptors (Lipinski definition) is 3. The summed E-state index contributed by atoms with van der Waals surface area (Å²) < 4.78 is 5.86. The van der Waals surface area contributed by atoms with Crippen LogP contribution in [0.1, 0.15) is 24.8 Å². The maximum Gasteiger partial charge on any atom is 0.317 e. The van der Waals surface area contributed by atoms with Gasteiger partial charge in [-0.15, -0.1) is 11.8 Å². The summed E-state index contributed by atoms with van der Waals surface area (Å²) >= 11 is 1.92. The van der Waals surface area contributed by atoms with Crippen molar-refractivity contribution in [2.24, 2.45) is 0 Å². The van der Waals surface area contributed by atoms with Gasteiger partial charge < -0.3 is 15.0 Å². The predicted molar refractivity (Wildman–Crippen MR) is 90.1 cm³/mol. The number of nitrogens with zero attached hydrogens (tertiary/aromatic N) is 1. The first-order chi connectivity index (χ1) is 10.8. The first-order valence-corrected chi connectivity index (χ1v) is 9.11. The quantitative estimate of drug-likeness (QED) is 0.867. The van der Waals surface area contributed by atoms with Crippen molar-refractivity contribution in [2.45, 2.75) is 30.6 Å². The van der Waals surface area contributed by atoms with Crippen LogP contribution in [-0.2, 0) is 11.2 Å². The fourth-order valence-electron chi connectivity index (χ4n) is 3.08. The van der Waals surface area contributed by atoms with Crippen LogP contribution in [0.2, 0.25) is 0 Å². The Bertz CT molecular complexity index is 479. The molecule has 5 heteroatoms. The van der Waals surface area contributed by atoms with Crippen LogP contribution in [0, 0.1) is 0 Å². The van der Waals surface area contributed by atoms with Gasteiger partial charge in [-0.1, -0.05) is 30.3 Å². The number of carbonyl (C=O) groups excluding carboxylic acids is 1.